The van der Waals surface area contributed by atoms with Crippen LogP contribution in [0.5, 0.6) is 0 Å². The van der Waals surface area contributed by atoms with Crippen molar-refractivity contribution in [3.8, 4) is 0 Å². The third-order valence-electron chi connectivity index (χ3n) is 2.39. The van der Waals surface area contributed by atoms with Crippen LogP contribution in [0, 0.1) is 6.92 Å². The fourth-order valence-electron chi connectivity index (χ4n) is 1.45. The van der Waals surface area contributed by atoms with Gasteiger partial charge in [0.2, 0.25) is 0 Å². The van der Waals surface area contributed by atoms with Gasteiger partial charge < -0.3 is 5.73 Å². The van der Waals surface area contributed by atoms with Crippen LogP contribution in [0.15, 0.2) is 33.8 Å². The predicted octanol–water partition coefficient (Wildman–Crippen LogP) is 1.34. The van der Waals surface area contributed by atoms with Crippen molar-refractivity contribution in [3.63, 3.8) is 0 Å². The Bertz CT molecular complexity index is 591. The summed E-state index contributed by atoms with van der Waals surface area (Å²) < 4.78 is 2.03. The van der Waals surface area contributed by atoms with Gasteiger partial charge in [0, 0.05) is 12.4 Å². The third kappa shape index (κ3) is 2.52. The highest BCUT2D eigenvalue weighted by atomic mass is 79.9. The van der Waals surface area contributed by atoms with Crippen molar-refractivity contribution < 1.29 is 0 Å². The van der Waals surface area contributed by atoms with Gasteiger partial charge in [-0.3, -0.25) is 9.36 Å². The van der Waals surface area contributed by atoms with Crippen molar-refractivity contribution in [2.45, 2.75) is 13.5 Å². The standard InChI is InChI=1S/C11H11BrN4O/c1-7-14-5-9(12)11(17)16(7)6-8-2-3-10(13)15-4-8/h2-5H,6H2,1H3,(H2,13,15). The summed E-state index contributed by atoms with van der Waals surface area (Å²) in [6, 6.07) is 3.55. The lowest BCUT2D eigenvalue weighted by Crippen LogP contribution is -2.24. The second kappa shape index (κ2) is 4.67. The Labute approximate surface area is 106 Å². The smallest absolute Gasteiger partial charge is 0.268 e. The van der Waals surface area contributed by atoms with Crippen LogP contribution in [0.4, 0.5) is 5.82 Å². The SMILES string of the molecule is Cc1ncc(Br)c(=O)n1Cc1ccc(N)nc1. The maximum Gasteiger partial charge on any atom is 0.268 e. The zero-order chi connectivity index (χ0) is 12.4. The summed E-state index contributed by atoms with van der Waals surface area (Å²) in [6.07, 6.45) is 3.16. The van der Waals surface area contributed by atoms with Gasteiger partial charge in [-0.2, -0.15) is 0 Å². The van der Waals surface area contributed by atoms with Crippen LogP contribution in [0.25, 0.3) is 0 Å². The number of nitrogens with two attached hydrogens (primary N) is 1. The summed E-state index contributed by atoms with van der Waals surface area (Å²) in [4.78, 5) is 20.0. The quantitative estimate of drug-likeness (QED) is 0.907. The number of aryl methyl sites for hydroxylation is 1. The van der Waals surface area contributed by atoms with Gasteiger partial charge in [0.15, 0.2) is 0 Å². The van der Waals surface area contributed by atoms with Gasteiger partial charge in [-0.15, -0.1) is 0 Å². The molecule has 6 heteroatoms. The molecule has 2 heterocycles. The van der Waals surface area contributed by atoms with Crippen molar-refractivity contribution in [2.75, 3.05) is 5.73 Å². The molecule has 0 aromatic carbocycles. The number of rotatable bonds is 2. The molecule has 0 radical (unpaired) electrons. The molecule has 0 aliphatic heterocycles. The highest BCUT2D eigenvalue weighted by Gasteiger charge is 2.06. The molecule has 2 aromatic heterocycles. The van der Waals surface area contributed by atoms with E-state index in [1.54, 1.807) is 23.8 Å². The summed E-state index contributed by atoms with van der Waals surface area (Å²) in [7, 11) is 0. The zero-order valence-corrected chi connectivity index (χ0v) is 10.8. The van der Waals surface area contributed by atoms with E-state index in [9.17, 15) is 4.79 Å². The average Bonchev–Trinajstić information content (AvgIpc) is 2.32. The van der Waals surface area contributed by atoms with Crippen LogP contribution in [0.3, 0.4) is 0 Å². The largest absolute Gasteiger partial charge is 0.384 e. The number of aromatic nitrogens is 3. The topological polar surface area (TPSA) is 73.8 Å². The zero-order valence-electron chi connectivity index (χ0n) is 9.22. The van der Waals surface area contributed by atoms with Gasteiger partial charge in [-0.05, 0) is 34.5 Å². The summed E-state index contributed by atoms with van der Waals surface area (Å²) in [5.74, 6) is 1.13. The van der Waals surface area contributed by atoms with Gasteiger partial charge in [-0.25, -0.2) is 9.97 Å². The van der Waals surface area contributed by atoms with E-state index >= 15 is 0 Å². The Hall–Kier alpha value is -1.69. The fraction of sp³-hybridized carbons (Fsp3) is 0.182. The van der Waals surface area contributed by atoms with E-state index in [-0.39, 0.29) is 5.56 Å². The van der Waals surface area contributed by atoms with E-state index in [0.717, 1.165) is 5.56 Å². The summed E-state index contributed by atoms with van der Waals surface area (Å²) >= 11 is 3.17. The highest BCUT2D eigenvalue weighted by Crippen LogP contribution is 2.06. The Morgan fingerprint density at radius 3 is 2.76 bits per heavy atom. The van der Waals surface area contributed by atoms with E-state index in [4.69, 9.17) is 5.73 Å². The van der Waals surface area contributed by atoms with Crippen LogP contribution in [0.1, 0.15) is 11.4 Å². The Balaban J connectivity index is 2.39. The maximum absolute atomic E-state index is 11.9. The van der Waals surface area contributed by atoms with Crippen molar-refractivity contribution in [2.24, 2.45) is 0 Å². The van der Waals surface area contributed by atoms with Crippen molar-refractivity contribution in [1.82, 2.24) is 14.5 Å². The molecule has 0 fully saturated rings. The molecule has 0 aliphatic rings. The molecule has 0 saturated carbocycles. The van der Waals surface area contributed by atoms with E-state index < -0.39 is 0 Å². The number of anilines is 1. The first-order valence-electron chi connectivity index (χ1n) is 5.00. The molecule has 5 nitrogen and oxygen atoms in total. The lowest BCUT2D eigenvalue weighted by molar-refractivity contribution is 0.693. The molecule has 2 aromatic rings. The number of hydrogen-bond acceptors (Lipinski definition) is 4. The maximum atomic E-state index is 11.9. The molecule has 0 amide bonds. The number of halogens is 1. The number of nitrogen functional groups attached to an aromatic ring is 1. The van der Waals surface area contributed by atoms with Crippen LogP contribution in [-0.2, 0) is 6.54 Å². The van der Waals surface area contributed by atoms with E-state index in [2.05, 4.69) is 25.9 Å². The van der Waals surface area contributed by atoms with Crippen molar-refractivity contribution >= 4 is 21.7 Å². The summed E-state index contributed by atoms with van der Waals surface area (Å²) in [5, 5.41) is 0. The number of nitrogens with zero attached hydrogens (tertiary/aromatic N) is 3. The molecule has 0 unspecified atom stereocenters. The highest BCUT2D eigenvalue weighted by molar-refractivity contribution is 9.10. The average molecular weight is 295 g/mol. The Morgan fingerprint density at radius 1 is 1.35 bits per heavy atom. The normalized spacial score (nSPS) is 10.5. The molecular weight excluding hydrogens is 284 g/mol. The second-order valence-corrected chi connectivity index (χ2v) is 4.49. The van der Waals surface area contributed by atoms with Gasteiger partial charge in [-0.1, -0.05) is 6.07 Å². The van der Waals surface area contributed by atoms with Gasteiger partial charge >= 0.3 is 0 Å². The number of pyridine rings is 1. The molecule has 88 valence electrons. The third-order valence-corrected chi connectivity index (χ3v) is 2.94. The minimum Gasteiger partial charge on any atom is -0.384 e. The lowest BCUT2D eigenvalue weighted by atomic mass is 10.3. The van der Waals surface area contributed by atoms with Crippen LogP contribution < -0.4 is 11.3 Å². The predicted molar refractivity (Wildman–Crippen MR) is 68.7 cm³/mol. The Morgan fingerprint density at radius 2 is 2.12 bits per heavy atom. The van der Waals surface area contributed by atoms with Gasteiger partial charge in [0.1, 0.15) is 16.1 Å². The molecule has 2 N–H and O–H groups in total. The summed E-state index contributed by atoms with van der Waals surface area (Å²) in [5.41, 5.74) is 6.31. The second-order valence-electron chi connectivity index (χ2n) is 3.64. The summed E-state index contributed by atoms with van der Waals surface area (Å²) in [6.45, 7) is 2.23. The van der Waals surface area contributed by atoms with Crippen LogP contribution in [0.2, 0.25) is 0 Å². The van der Waals surface area contributed by atoms with Gasteiger partial charge in [0.25, 0.3) is 5.56 Å². The molecule has 0 aliphatic carbocycles. The first-order chi connectivity index (χ1) is 8.08. The van der Waals surface area contributed by atoms with Crippen LogP contribution >= 0.6 is 15.9 Å². The van der Waals surface area contributed by atoms with Gasteiger partial charge in [0.05, 0.1) is 6.54 Å². The minimum absolute atomic E-state index is 0.102. The first kappa shape index (κ1) is 11.8. The van der Waals surface area contributed by atoms with Crippen molar-refractivity contribution in [3.05, 3.63) is 50.7 Å². The van der Waals surface area contributed by atoms with Crippen LogP contribution in [-0.4, -0.2) is 14.5 Å². The molecule has 2 rings (SSSR count). The first-order valence-corrected chi connectivity index (χ1v) is 5.79. The lowest BCUT2D eigenvalue weighted by Gasteiger charge is -2.09. The number of hydrogen-bond donors (Lipinski definition) is 1. The minimum atomic E-state index is -0.102. The monoisotopic (exact) mass is 294 g/mol. The fourth-order valence-corrected chi connectivity index (χ4v) is 1.77. The van der Waals surface area contributed by atoms with Crippen molar-refractivity contribution in [1.29, 1.82) is 0 Å². The Kier molecular flexibility index (Phi) is 3.23. The molecule has 0 spiro atoms. The molecule has 0 atom stereocenters. The molecular formula is C11H11BrN4O. The van der Waals surface area contributed by atoms with E-state index in [0.29, 0.717) is 22.7 Å². The van der Waals surface area contributed by atoms with E-state index in [1.165, 1.54) is 6.20 Å². The molecule has 0 bridgehead atoms. The molecule has 0 saturated heterocycles. The molecule has 17 heavy (non-hydrogen) atoms. The van der Waals surface area contributed by atoms with E-state index in [1.807, 2.05) is 6.07 Å².